The predicted octanol–water partition coefficient (Wildman–Crippen LogP) is 3.22. The van der Waals surface area contributed by atoms with Gasteiger partial charge in [0.1, 0.15) is 0 Å². The van der Waals surface area contributed by atoms with Gasteiger partial charge in [-0.1, -0.05) is 12.1 Å². The summed E-state index contributed by atoms with van der Waals surface area (Å²) in [5, 5.41) is 3.46. The number of benzene rings is 1. The van der Waals surface area contributed by atoms with Gasteiger partial charge < -0.3 is 5.32 Å². The Morgan fingerprint density at radius 3 is 3.07 bits per heavy atom. The number of alkyl halides is 1. The summed E-state index contributed by atoms with van der Waals surface area (Å²) < 4.78 is 0. The third-order valence-corrected chi connectivity index (χ3v) is 2.93. The Hall–Kier alpha value is -0.690. The summed E-state index contributed by atoms with van der Waals surface area (Å²) in [4.78, 5) is 0. The topological polar surface area (TPSA) is 12.0 Å². The van der Waals surface area contributed by atoms with Gasteiger partial charge in [0.25, 0.3) is 0 Å². The minimum absolute atomic E-state index is 0.714. The number of anilines is 1. The summed E-state index contributed by atoms with van der Waals surface area (Å²) >= 11 is 5.74. The number of rotatable bonds is 2. The Morgan fingerprint density at radius 1 is 1.29 bits per heavy atom. The zero-order valence-electron chi connectivity index (χ0n) is 8.35. The fourth-order valence-corrected chi connectivity index (χ4v) is 2.17. The maximum absolute atomic E-state index is 5.74. The van der Waals surface area contributed by atoms with Crippen LogP contribution in [0.2, 0.25) is 0 Å². The van der Waals surface area contributed by atoms with Crippen LogP contribution in [0.25, 0.3) is 0 Å². The van der Waals surface area contributed by atoms with Gasteiger partial charge >= 0.3 is 0 Å². The van der Waals surface area contributed by atoms with E-state index in [-0.39, 0.29) is 0 Å². The third-order valence-electron chi connectivity index (χ3n) is 2.74. The van der Waals surface area contributed by atoms with Crippen molar-refractivity contribution >= 4 is 17.3 Å². The lowest BCUT2D eigenvalue weighted by Gasteiger charge is -2.09. The van der Waals surface area contributed by atoms with Crippen LogP contribution in [0.5, 0.6) is 0 Å². The molecule has 1 aromatic carbocycles. The van der Waals surface area contributed by atoms with Crippen molar-refractivity contribution in [2.45, 2.75) is 25.7 Å². The van der Waals surface area contributed by atoms with Crippen LogP contribution in [0.15, 0.2) is 18.2 Å². The average molecular weight is 210 g/mol. The largest absolute Gasteiger partial charge is 0.385 e. The van der Waals surface area contributed by atoms with Gasteiger partial charge in [0.05, 0.1) is 0 Å². The summed E-state index contributed by atoms with van der Waals surface area (Å²) in [6.07, 6.45) is 4.76. The van der Waals surface area contributed by atoms with E-state index < -0.39 is 0 Å². The van der Waals surface area contributed by atoms with Gasteiger partial charge in [-0.15, -0.1) is 11.6 Å². The summed E-state index contributed by atoms with van der Waals surface area (Å²) in [5.74, 6) is 0.714. The molecule has 0 spiro atoms. The first-order valence-corrected chi connectivity index (χ1v) is 5.85. The van der Waals surface area contributed by atoms with E-state index in [0.29, 0.717) is 5.88 Å². The molecular weight excluding hydrogens is 194 g/mol. The van der Waals surface area contributed by atoms with E-state index in [9.17, 15) is 0 Å². The highest BCUT2D eigenvalue weighted by atomic mass is 35.5. The number of hydrogen-bond donors (Lipinski definition) is 1. The molecule has 1 aromatic rings. The van der Waals surface area contributed by atoms with Crippen LogP contribution < -0.4 is 5.32 Å². The molecule has 1 aliphatic rings. The standard InChI is InChI=1S/C12H16ClN/c13-7-6-10-4-5-12-11(9-10)3-1-2-8-14-12/h4-5,9,14H,1-3,6-8H2. The van der Waals surface area contributed by atoms with Gasteiger partial charge in [-0.25, -0.2) is 0 Å². The fraction of sp³-hybridized carbons (Fsp3) is 0.500. The van der Waals surface area contributed by atoms with Crippen molar-refractivity contribution in [1.29, 1.82) is 0 Å². The first-order valence-electron chi connectivity index (χ1n) is 5.32. The van der Waals surface area contributed by atoms with Crippen LogP contribution in [-0.2, 0) is 12.8 Å². The predicted molar refractivity (Wildman–Crippen MR) is 62.3 cm³/mol. The lowest BCUT2D eigenvalue weighted by atomic mass is 10.0. The number of halogens is 1. The molecule has 1 N–H and O–H groups in total. The molecule has 1 heterocycles. The smallest absolute Gasteiger partial charge is 0.0372 e. The Balaban J connectivity index is 2.23. The number of nitrogens with one attached hydrogen (secondary N) is 1. The second kappa shape index (κ2) is 4.70. The number of aryl methyl sites for hydroxylation is 2. The highest BCUT2D eigenvalue weighted by Crippen LogP contribution is 2.22. The van der Waals surface area contributed by atoms with E-state index in [1.807, 2.05) is 0 Å². The van der Waals surface area contributed by atoms with Crippen molar-refractivity contribution in [3.8, 4) is 0 Å². The van der Waals surface area contributed by atoms with Crippen LogP contribution >= 0.6 is 11.6 Å². The average Bonchev–Trinajstić information content (AvgIpc) is 2.42. The summed E-state index contributed by atoms with van der Waals surface area (Å²) in [5.41, 5.74) is 4.15. The normalized spacial score (nSPS) is 15.5. The summed E-state index contributed by atoms with van der Waals surface area (Å²) in [6, 6.07) is 6.68. The van der Waals surface area contributed by atoms with Crippen LogP contribution in [0.3, 0.4) is 0 Å². The fourth-order valence-electron chi connectivity index (χ4n) is 1.95. The minimum atomic E-state index is 0.714. The lowest BCUT2D eigenvalue weighted by molar-refractivity contribution is 0.785. The Kier molecular flexibility index (Phi) is 3.30. The van der Waals surface area contributed by atoms with Gasteiger partial charge in [0.15, 0.2) is 0 Å². The van der Waals surface area contributed by atoms with E-state index in [1.54, 1.807) is 0 Å². The monoisotopic (exact) mass is 209 g/mol. The third kappa shape index (κ3) is 2.21. The molecule has 1 aliphatic heterocycles. The highest BCUT2D eigenvalue weighted by molar-refractivity contribution is 6.17. The second-order valence-electron chi connectivity index (χ2n) is 3.81. The lowest BCUT2D eigenvalue weighted by Crippen LogP contribution is -2.00. The Morgan fingerprint density at radius 2 is 2.21 bits per heavy atom. The van der Waals surface area contributed by atoms with Gasteiger partial charge in [-0.3, -0.25) is 0 Å². The Bertz CT molecular complexity index is 309. The molecule has 2 rings (SSSR count). The molecule has 0 bridgehead atoms. The summed E-state index contributed by atoms with van der Waals surface area (Å²) in [6.45, 7) is 1.11. The van der Waals surface area contributed by atoms with E-state index in [4.69, 9.17) is 11.6 Å². The maximum atomic E-state index is 5.74. The minimum Gasteiger partial charge on any atom is -0.385 e. The summed E-state index contributed by atoms with van der Waals surface area (Å²) in [7, 11) is 0. The number of fused-ring (bicyclic) bond motifs is 1. The zero-order valence-corrected chi connectivity index (χ0v) is 9.11. The van der Waals surface area contributed by atoms with Crippen molar-refractivity contribution in [1.82, 2.24) is 0 Å². The van der Waals surface area contributed by atoms with Crippen LogP contribution in [0.4, 0.5) is 5.69 Å². The molecule has 2 heteroatoms. The molecule has 0 saturated carbocycles. The zero-order chi connectivity index (χ0) is 9.80. The van der Waals surface area contributed by atoms with Gasteiger partial charge in [0.2, 0.25) is 0 Å². The van der Waals surface area contributed by atoms with E-state index in [0.717, 1.165) is 13.0 Å². The molecule has 0 atom stereocenters. The van der Waals surface area contributed by atoms with Crippen LogP contribution in [-0.4, -0.2) is 12.4 Å². The molecule has 0 radical (unpaired) electrons. The second-order valence-corrected chi connectivity index (χ2v) is 4.19. The van der Waals surface area contributed by atoms with Crippen LogP contribution in [0, 0.1) is 0 Å². The van der Waals surface area contributed by atoms with Crippen molar-refractivity contribution in [3.05, 3.63) is 29.3 Å². The molecule has 1 nitrogen and oxygen atoms in total. The molecule has 0 unspecified atom stereocenters. The van der Waals surface area contributed by atoms with Crippen molar-refractivity contribution in [2.24, 2.45) is 0 Å². The van der Waals surface area contributed by atoms with Crippen molar-refractivity contribution in [2.75, 3.05) is 17.7 Å². The maximum Gasteiger partial charge on any atom is 0.0372 e. The number of hydrogen-bond acceptors (Lipinski definition) is 1. The Labute approximate surface area is 90.5 Å². The van der Waals surface area contributed by atoms with Crippen molar-refractivity contribution in [3.63, 3.8) is 0 Å². The SMILES string of the molecule is ClCCc1ccc2c(c1)CCCCN2. The molecule has 0 amide bonds. The van der Waals surface area contributed by atoms with E-state index >= 15 is 0 Å². The van der Waals surface area contributed by atoms with Gasteiger partial charge in [0, 0.05) is 18.1 Å². The quantitative estimate of drug-likeness (QED) is 0.738. The molecular formula is C12H16ClN. The molecule has 14 heavy (non-hydrogen) atoms. The van der Waals surface area contributed by atoms with Gasteiger partial charge in [-0.2, -0.15) is 0 Å². The molecule has 76 valence electrons. The van der Waals surface area contributed by atoms with E-state index in [1.165, 1.54) is 36.1 Å². The van der Waals surface area contributed by atoms with Crippen LogP contribution in [0.1, 0.15) is 24.0 Å². The highest BCUT2D eigenvalue weighted by Gasteiger charge is 2.07. The molecule has 0 aromatic heterocycles. The van der Waals surface area contributed by atoms with Crippen molar-refractivity contribution < 1.29 is 0 Å². The van der Waals surface area contributed by atoms with E-state index in [2.05, 4.69) is 23.5 Å². The van der Waals surface area contributed by atoms with Gasteiger partial charge in [-0.05, 0) is 42.9 Å². The molecule has 0 fully saturated rings. The molecule has 0 aliphatic carbocycles. The first kappa shape index (κ1) is 9.85. The first-order chi connectivity index (χ1) is 6.90. The molecule has 0 saturated heterocycles.